The third-order valence-corrected chi connectivity index (χ3v) is 2.80. The monoisotopic (exact) mass is 284 g/mol. The quantitative estimate of drug-likeness (QED) is 0.459. The normalized spacial score (nSPS) is 10.8. The highest BCUT2D eigenvalue weighted by molar-refractivity contribution is 7.80. The molecule has 102 valence electrons. The maximum atomic E-state index is 5.13. The fourth-order valence-electron chi connectivity index (χ4n) is 1.56. The van der Waals surface area contributed by atoms with Crippen molar-refractivity contribution in [2.75, 3.05) is 5.43 Å². The first-order chi connectivity index (χ1) is 9.75. The minimum atomic E-state index is 0.407. The van der Waals surface area contributed by atoms with Gasteiger partial charge >= 0.3 is 0 Å². The average Bonchev–Trinajstić information content (AvgIpc) is 2.52. The first-order valence-corrected chi connectivity index (χ1v) is 6.63. The maximum absolute atomic E-state index is 5.13. The summed E-state index contributed by atoms with van der Waals surface area (Å²) in [5, 5.41) is 4.64. The smallest absolute Gasteiger partial charge is 0.205 e. The van der Waals surface area contributed by atoms with Crippen molar-refractivity contribution >= 4 is 28.7 Å². The van der Waals surface area contributed by atoms with Crippen molar-refractivity contribution in [3.8, 4) is 0 Å². The van der Waals surface area contributed by atoms with Crippen molar-refractivity contribution in [1.29, 1.82) is 0 Å². The molecule has 0 bridgehead atoms. The molecule has 0 aliphatic heterocycles. The zero-order valence-corrected chi connectivity index (χ0v) is 11.9. The number of benzene rings is 2. The van der Waals surface area contributed by atoms with Gasteiger partial charge in [0.25, 0.3) is 0 Å². The second-order valence-corrected chi connectivity index (χ2v) is 4.53. The van der Waals surface area contributed by atoms with E-state index in [2.05, 4.69) is 21.4 Å². The molecule has 0 unspecified atom stereocenters. The van der Waals surface area contributed by atoms with Gasteiger partial charge in [0.1, 0.15) is 0 Å². The molecule has 2 rings (SSSR count). The van der Waals surface area contributed by atoms with E-state index in [1.165, 1.54) is 0 Å². The van der Waals surface area contributed by atoms with Crippen LogP contribution in [0.25, 0.3) is 0 Å². The van der Waals surface area contributed by atoms with Gasteiger partial charge in [0.15, 0.2) is 0 Å². The Bertz CT molecular complexity index is 581. The molecule has 0 radical (unpaired) electrons. The summed E-state index contributed by atoms with van der Waals surface area (Å²) in [4.78, 5) is 0. The Morgan fingerprint density at radius 3 is 2.20 bits per heavy atom. The molecule has 2 aromatic carbocycles. The third kappa shape index (κ3) is 4.37. The number of hydrogen-bond donors (Lipinski definition) is 3. The lowest BCUT2D eigenvalue weighted by Gasteiger charge is -2.10. The van der Waals surface area contributed by atoms with Crippen molar-refractivity contribution in [1.82, 2.24) is 10.9 Å². The molecule has 2 aromatic rings. The number of nitrogens with zero attached hydrogens (tertiary/aromatic N) is 1. The molecule has 0 aliphatic rings. The molecule has 0 saturated carbocycles. The molecule has 0 heterocycles. The fourth-order valence-corrected chi connectivity index (χ4v) is 1.65. The topological polar surface area (TPSA) is 48.5 Å². The summed E-state index contributed by atoms with van der Waals surface area (Å²) in [5.74, 6) is 0. The first kappa shape index (κ1) is 14.0. The SMILES string of the molecule is C/C(=N/NC(=S)NNc1ccccc1)c1ccccc1. The Balaban J connectivity index is 1.83. The van der Waals surface area contributed by atoms with Crippen LogP contribution in [0.3, 0.4) is 0 Å². The van der Waals surface area contributed by atoms with Gasteiger partial charge < -0.3 is 0 Å². The number of thiocarbonyl (C=S) groups is 1. The van der Waals surface area contributed by atoms with E-state index in [1.807, 2.05) is 67.6 Å². The standard InChI is InChI=1S/C15H16N4S/c1-12(13-8-4-2-5-9-13)16-18-15(20)19-17-14-10-6-3-7-11-14/h2-11,17H,1H3,(H2,18,19,20)/b16-12-. The van der Waals surface area contributed by atoms with Gasteiger partial charge in [-0.25, -0.2) is 0 Å². The van der Waals surface area contributed by atoms with Gasteiger partial charge in [-0.1, -0.05) is 48.5 Å². The molecule has 5 heteroatoms. The number of para-hydroxylation sites is 1. The van der Waals surface area contributed by atoms with Gasteiger partial charge in [-0.3, -0.25) is 16.3 Å². The van der Waals surface area contributed by atoms with Gasteiger partial charge in [0.05, 0.1) is 11.4 Å². The van der Waals surface area contributed by atoms with E-state index in [0.717, 1.165) is 17.0 Å². The van der Waals surface area contributed by atoms with Crippen molar-refractivity contribution in [3.63, 3.8) is 0 Å². The van der Waals surface area contributed by atoms with Crippen molar-refractivity contribution < 1.29 is 0 Å². The van der Waals surface area contributed by atoms with Crippen molar-refractivity contribution in [3.05, 3.63) is 66.2 Å². The van der Waals surface area contributed by atoms with Crippen molar-refractivity contribution in [2.45, 2.75) is 6.92 Å². The molecule has 4 nitrogen and oxygen atoms in total. The van der Waals surface area contributed by atoms with Gasteiger partial charge in [0.2, 0.25) is 5.11 Å². The number of anilines is 1. The van der Waals surface area contributed by atoms with E-state index in [-0.39, 0.29) is 0 Å². The Kier molecular flexibility index (Phi) is 5.08. The zero-order chi connectivity index (χ0) is 14.2. The number of hydrazone groups is 1. The summed E-state index contributed by atoms with van der Waals surface area (Å²) in [6, 6.07) is 19.6. The second-order valence-electron chi connectivity index (χ2n) is 4.12. The summed E-state index contributed by atoms with van der Waals surface area (Å²) >= 11 is 5.13. The van der Waals surface area contributed by atoms with Gasteiger partial charge in [-0.05, 0) is 36.8 Å². The van der Waals surface area contributed by atoms with Crippen LogP contribution in [-0.4, -0.2) is 10.8 Å². The van der Waals surface area contributed by atoms with Crippen molar-refractivity contribution in [2.24, 2.45) is 5.10 Å². The first-order valence-electron chi connectivity index (χ1n) is 6.22. The van der Waals surface area contributed by atoms with Crippen LogP contribution in [0, 0.1) is 0 Å². The van der Waals surface area contributed by atoms with Crippen LogP contribution in [0.15, 0.2) is 65.8 Å². The molecule has 0 saturated heterocycles. The third-order valence-electron chi connectivity index (χ3n) is 2.61. The number of hydrazine groups is 1. The lowest BCUT2D eigenvalue weighted by Crippen LogP contribution is -2.36. The zero-order valence-electron chi connectivity index (χ0n) is 11.1. The van der Waals surface area contributed by atoms with E-state index in [0.29, 0.717) is 5.11 Å². The van der Waals surface area contributed by atoms with E-state index in [4.69, 9.17) is 12.2 Å². The Morgan fingerprint density at radius 2 is 1.55 bits per heavy atom. The summed E-state index contributed by atoms with van der Waals surface area (Å²) in [7, 11) is 0. The van der Waals surface area contributed by atoms with Crippen LogP contribution in [0.2, 0.25) is 0 Å². The maximum Gasteiger partial charge on any atom is 0.205 e. The van der Waals surface area contributed by atoms with E-state index in [9.17, 15) is 0 Å². The Morgan fingerprint density at radius 1 is 0.950 bits per heavy atom. The molecule has 3 N–H and O–H groups in total. The minimum absolute atomic E-state index is 0.407. The summed E-state index contributed by atoms with van der Waals surface area (Å²) < 4.78 is 0. The van der Waals surface area contributed by atoms with Gasteiger partial charge in [-0.2, -0.15) is 5.10 Å². The Labute approximate surface area is 123 Å². The summed E-state index contributed by atoms with van der Waals surface area (Å²) in [5.41, 5.74) is 11.5. The highest BCUT2D eigenvalue weighted by Gasteiger charge is 1.97. The predicted octanol–water partition coefficient (Wildman–Crippen LogP) is 2.90. The largest absolute Gasteiger partial charge is 0.299 e. The van der Waals surface area contributed by atoms with E-state index < -0.39 is 0 Å². The summed E-state index contributed by atoms with van der Waals surface area (Å²) in [6.07, 6.45) is 0. The lowest BCUT2D eigenvalue weighted by molar-refractivity contribution is 0.963. The average molecular weight is 284 g/mol. The molecule has 0 fully saturated rings. The predicted molar refractivity (Wildman–Crippen MR) is 87.6 cm³/mol. The van der Waals surface area contributed by atoms with Crippen LogP contribution in [-0.2, 0) is 0 Å². The van der Waals surface area contributed by atoms with Crippen LogP contribution in [0.5, 0.6) is 0 Å². The van der Waals surface area contributed by atoms with E-state index >= 15 is 0 Å². The fraction of sp³-hybridized carbons (Fsp3) is 0.0667. The van der Waals surface area contributed by atoms with Crippen LogP contribution in [0.4, 0.5) is 5.69 Å². The lowest BCUT2D eigenvalue weighted by atomic mass is 10.1. The van der Waals surface area contributed by atoms with Crippen LogP contribution in [0.1, 0.15) is 12.5 Å². The molecule has 0 aromatic heterocycles. The van der Waals surface area contributed by atoms with Gasteiger partial charge in [-0.15, -0.1) is 0 Å². The van der Waals surface area contributed by atoms with Crippen LogP contribution >= 0.6 is 12.2 Å². The number of nitrogens with one attached hydrogen (secondary N) is 3. The highest BCUT2D eigenvalue weighted by atomic mass is 32.1. The minimum Gasteiger partial charge on any atom is -0.299 e. The highest BCUT2D eigenvalue weighted by Crippen LogP contribution is 2.02. The molecule has 20 heavy (non-hydrogen) atoms. The number of rotatable bonds is 4. The molecular weight excluding hydrogens is 268 g/mol. The Hall–Kier alpha value is -2.40. The summed E-state index contributed by atoms with van der Waals surface area (Å²) in [6.45, 7) is 1.93. The molecular formula is C15H16N4S. The molecule has 0 atom stereocenters. The molecule has 0 spiro atoms. The molecule has 0 aliphatic carbocycles. The van der Waals surface area contributed by atoms with Gasteiger partial charge in [0, 0.05) is 0 Å². The number of hydrogen-bond acceptors (Lipinski definition) is 3. The van der Waals surface area contributed by atoms with E-state index in [1.54, 1.807) is 0 Å². The molecule has 0 amide bonds. The van der Waals surface area contributed by atoms with Crippen LogP contribution < -0.4 is 16.3 Å². The second kappa shape index (κ2) is 7.25.